The lowest BCUT2D eigenvalue weighted by atomic mass is 9.98. The van der Waals surface area contributed by atoms with Crippen LogP contribution in [-0.2, 0) is 9.59 Å². The van der Waals surface area contributed by atoms with Crippen molar-refractivity contribution in [3.8, 4) is 0 Å². The number of unbranched alkanes of at least 4 members (excludes halogenated alkanes) is 1. The minimum absolute atomic E-state index is 0.0414. The maximum atomic E-state index is 13.4. The van der Waals surface area contributed by atoms with Crippen molar-refractivity contribution in [2.24, 2.45) is 11.8 Å². The smallest absolute Gasteiger partial charge is 0.277 e. The van der Waals surface area contributed by atoms with Crippen LogP contribution in [0, 0.1) is 23.5 Å². The highest BCUT2D eigenvalue weighted by molar-refractivity contribution is 6.02. The summed E-state index contributed by atoms with van der Waals surface area (Å²) in [6.45, 7) is 5.44. The topological polar surface area (TPSA) is 125 Å². The van der Waals surface area contributed by atoms with E-state index in [2.05, 4.69) is 15.6 Å². The molecule has 1 aromatic heterocycles. The van der Waals surface area contributed by atoms with Gasteiger partial charge in [0.15, 0.2) is 17.3 Å². The Morgan fingerprint density at radius 3 is 2.61 bits per heavy atom. The summed E-state index contributed by atoms with van der Waals surface area (Å²) in [7, 11) is 0. The Morgan fingerprint density at radius 2 is 2.00 bits per heavy atom. The van der Waals surface area contributed by atoms with E-state index in [1.807, 2.05) is 20.8 Å². The van der Waals surface area contributed by atoms with Gasteiger partial charge in [-0.1, -0.05) is 33.6 Å². The van der Waals surface area contributed by atoms with E-state index >= 15 is 0 Å². The van der Waals surface area contributed by atoms with Gasteiger partial charge in [-0.05, 0) is 24.5 Å². The molecule has 2 rings (SSSR count). The monoisotopic (exact) mass is 466 g/mol. The molecule has 9 nitrogen and oxygen atoms in total. The first-order chi connectivity index (χ1) is 15.7. The van der Waals surface area contributed by atoms with Crippen LogP contribution >= 0.6 is 0 Å². The van der Waals surface area contributed by atoms with Crippen LogP contribution in [-0.4, -0.2) is 40.0 Å². The maximum absolute atomic E-state index is 13.4. The number of halogens is 2. The third-order valence-electron chi connectivity index (χ3n) is 4.97. The van der Waals surface area contributed by atoms with Crippen LogP contribution in [0.4, 0.5) is 14.5 Å². The van der Waals surface area contributed by atoms with Gasteiger partial charge in [-0.15, -0.1) is 0 Å². The second-order valence-electron chi connectivity index (χ2n) is 7.95. The molecule has 0 unspecified atom stereocenters. The zero-order valence-electron chi connectivity index (χ0n) is 18.7. The first kappa shape index (κ1) is 25.9. The number of hydrogen-bond donors (Lipinski definition) is 3. The molecule has 33 heavy (non-hydrogen) atoms. The van der Waals surface area contributed by atoms with Gasteiger partial charge < -0.3 is 15.1 Å². The highest BCUT2D eigenvalue weighted by atomic mass is 19.2. The number of amides is 3. The van der Waals surface area contributed by atoms with Crippen LogP contribution in [0.2, 0.25) is 0 Å². The van der Waals surface area contributed by atoms with Crippen LogP contribution in [0.3, 0.4) is 0 Å². The van der Waals surface area contributed by atoms with Crippen LogP contribution in [0.1, 0.15) is 62.5 Å². The lowest BCUT2D eigenvalue weighted by molar-refractivity contribution is -0.154. The van der Waals surface area contributed by atoms with Gasteiger partial charge in [0.2, 0.25) is 18.2 Å². The Labute approximate surface area is 190 Å². The largest absolute Gasteiger partial charge is 0.446 e. The second-order valence-corrected chi connectivity index (χ2v) is 7.95. The maximum Gasteiger partial charge on any atom is 0.277 e. The number of benzene rings is 1. The highest BCUT2D eigenvalue weighted by Gasteiger charge is 2.29. The molecule has 0 aliphatic heterocycles. The molecule has 0 aliphatic rings. The van der Waals surface area contributed by atoms with Crippen LogP contribution in [0.25, 0.3) is 0 Å². The van der Waals surface area contributed by atoms with E-state index in [0.717, 1.165) is 31.2 Å². The number of anilines is 1. The van der Waals surface area contributed by atoms with Crippen molar-refractivity contribution in [1.29, 1.82) is 0 Å². The number of oxazole rings is 1. The van der Waals surface area contributed by atoms with E-state index in [1.165, 1.54) is 6.07 Å². The van der Waals surface area contributed by atoms with Gasteiger partial charge in [-0.2, -0.15) is 0 Å². The van der Waals surface area contributed by atoms with Gasteiger partial charge in [0.05, 0.1) is 12.5 Å². The Bertz CT molecular complexity index is 966. The molecule has 0 radical (unpaired) electrons. The summed E-state index contributed by atoms with van der Waals surface area (Å²) in [5.74, 6) is -3.97. The number of hydrogen-bond acceptors (Lipinski definition) is 6. The second kappa shape index (κ2) is 12.0. The Hall–Kier alpha value is -3.34. The summed E-state index contributed by atoms with van der Waals surface area (Å²) < 4.78 is 31.8. The lowest BCUT2D eigenvalue weighted by Crippen LogP contribution is -2.40. The molecule has 0 spiro atoms. The van der Waals surface area contributed by atoms with Gasteiger partial charge in [-0.3, -0.25) is 19.6 Å². The van der Waals surface area contributed by atoms with Gasteiger partial charge in [0, 0.05) is 11.8 Å². The predicted octanol–water partition coefficient (Wildman–Crippen LogP) is 3.67. The number of carbonyl (C=O) groups is 3. The molecule has 0 saturated carbocycles. The molecule has 0 fully saturated rings. The number of carbonyl (C=O) groups excluding carboxylic acids is 3. The standard InChI is InChI=1S/C22H28F2N4O5/c1-4-5-6-14(10-28(32)12-29)20(30)27-19(13(2)3)22-26-18(11-33-22)21(31)25-15-7-8-16(23)17(24)9-15/h7-9,11-14,19,32H,4-6,10H2,1-3H3,(H,25,31)(H,27,30)/t14-,19+/m1/s1. The third kappa shape index (κ3) is 7.35. The molecule has 0 bridgehead atoms. The first-order valence-electron chi connectivity index (χ1n) is 10.6. The summed E-state index contributed by atoms with van der Waals surface area (Å²) in [6.07, 6.45) is 3.36. The normalized spacial score (nSPS) is 12.8. The number of nitrogens with zero attached hydrogens (tertiary/aromatic N) is 2. The van der Waals surface area contributed by atoms with E-state index in [9.17, 15) is 28.4 Å². The number of hydroxylamine groups is 2. The first-order valence-corrected chi connectivity index (χ1v) is 10.6. The molecule has 2 aromatic rings. The fourth-order valence-electron chi connectivity index (χ4n) is 3.11. The molecular weight excluding hydrogens is 438 g/mol. The molecule has 2 atom stereocenters. The SMILES string of the molecule is CCCC[C@H](CN(O)C=O)C(=O)N[C@H](c1nc(C(=O)Nc2ccc(F)c(F)c2)co1)C(C)C. The van der Waals surface area contributed by atoms with Gasteiger partial charge >= 0.3 is 0 Å². The molecule has 1 aromatic carbocycles. The number of aromatic nitrogens is 1. The van der Waals surface area contributed by atoms with Crippen molar-refractivity contribution < 1.29 is 32.8 Å². The fraction of sp³-hybridized carbons (Fsp3) is 0.455. The summed E-state index contributed by atoms with van der Waals surface area (Å²) in [5.41, 5.74) is -0.0701. The van der Waals surface area contributed by atoms with Gasteiger partial charge in [0.1, 0.15) is 12.3 Å². The summed E-state index contributed by atoms with van der Waals surface area (Å²) in [6, 6.07) is 2.24. The third-order valence-corrected chi connectivity index (χ3v) is 4.97. The fourth-order valence-corrected chi connectivity index (χ4v) is 3.11. The average Bonchev–Trinajstić information content (AvgIpc) is 3.26. The number of nitrogens with one attached hydrogen (secondary N) is 2. The quantitative estimate of drug-likeness (QED) is 0.249. The highest BCUT2D eigenvalue weighted by Crippen LogP contribution is 2.23. The van der Waals surface area contributed by atoms with Crippen LogP contribution in [0.5, 0.6) is 0 Å². The van der Waals surface area contributed by atoms with Crippen LogP contribution in [0.15, 0.2) is 28.9 Å². The van der Waals surface area contributed by atoms with E-state index in [4.69, 9.17) is 4.42 Å². The van der Waals surface area contributed by atoms with Gasteiger partial charge in [0.25, 0.3) is 5.91 Å². The summed E-state index contributed by atoms with van der Waals surface area (Å²) >= 11 is 0. The van der Waals surface area contributed by atoms with E-state index in [-0.39, 0.29) is 36.1 Å². The van der Waals surface area contributed by atoms with Crippen molar-refractivity contribution in [3.63, 3.8) is 0 Å². The minimum atomic E-state index is -1.11. The van der Waals surface area contributed by atoms with Crippen molar-refractivity contribution in [1.82, 2.24) is 15.4 Å². The number of rotatable bonds is 12. The van der Waals surface area contributed by atoms with Crippen molar-refractivity contribution in [3.05, 3.63) is 47.7 Å². The van der Waals surface area contributed by atoms with E-state index in [1.54, 1.807) is 0 Å². The summed E-state index contributed by atoms with van der Waals surface area (Å²) in [5, 5.41) is 15.2. The van der Waals surface area contributed by atoms with Crippen molar-refractivity contribution >= 4 is 23.9 Å². The predicted molar refractivity (Wildman–Crippen MR) is 114 cm³/mol. The molecular formula is C22H28F2N4O5. The molecule has 180 valence electrons. The van der Waals surface area contributed by atoms with Crippen LogP contribution < -0.4 is 10.6 Å². The van der Waals surface area contributed by atoms with Gasteiger partial charge in [-0.25, -0.2) is 18.8 Å². The van der Waals surface area contributed by atoms with Crippen molar-refractivity contribution in [2.45, 2.75) is 46.1 Å². The lowest BCUT2D eigenvalue weighted by Gasteiger charge is -2.24. The zero-order chi connectivity index (χ0) is 24.5. The molecule has 11 heteroatoms. The summed E-state index contributed by atoms with van der Waals surface area (Å²) in [4.78, 5) is 40.2. The van der Waals surface area contributed by atoms with E-state index < -0.39 is 35.4 Å². The molecule has 0 aliphatic carbocycles. The Morgan fingerprint density at radius 1 is 1.27 bits per heavy atom. The molecule has 0 saturated heterocycles. The Kier molecular flexibility index (Phi) is 9.46. The van der Waals surface area contributed by atoms with Crippen molar-refractivity contribution in [2.75, 3.05) is 11.9 Å². The molecule has 3 amide bonds. The molecule has 1 heterocycles. The Balaban J connectivity index is 2.13. The minimum Gasteiger partial charge on any atom is -0.446 e. The zero-order valence-corrected chi connectivity index (χ0v) is 18.7. The average molecular weight is 466 g/mol. The molecule has 3 N–H and O–H groups in total. The van der Waals surface area contributed by atoms with E-state index in [0.29, 0.717) is 11.5 Å².